The monoisotopic (exact) mass is 320 g/mol. The molecule has 0 bridgehead atoms. The Morgan fingerprint density at radius 1 is 1.18 bits per heavy atom. The van der Waals surface area contributed by atoms with Crippen molar-refractivity contribution >= 4 is 20.6 Å². The molecule has 0 aromatic heterocycles. The molecule has 5 heteroatoms. The van der Waals surface area contributed by atoms with E-state index in [4.69, 9.17) is 0 Å². The third-order valence-corrected chi connectivity index (χ3v) is 6.25. The first kappa shape index (κ1) is 16.4. The number of aromatic hydroxyl groups is 2. The van der Waals surface area contributed by atoms with E-state index in [1.54, 1.807) is 13.0 Å². The van der Waals surface area contributed by atoms with Gasteiger partial charge in [0.1, 0.15) is 11.5 Å². The fourth-order valence-corrected chi connectivity index (χ4v) is 4.38. The van der Waals surface area contributed by atoms with Crippen LogP contribution in [-0.4, -0.2) is 23.9 Å². The van der Waals surface area contributed by atoms with E-state index in [0.717, 1.165) is 0 Å². The number of hydrogen-bond donors (Lipinski definition) is 2. The highest BCUT2D eigenvalue weighted by Gasteiger charge is 2.28. The summed E-state index contributed by atoms with van der Waals surface area (Å²) in [6, 6.07) is 5.97. The topological polar surface area (TPSA) is 74.6 Å². The number of sulfone groups is 1. The quantitative estimate of drug-likeness (QED) is 0.845. The summed E-state index contributed by atoms with van der Waals surface area (Å²) in [5.74, 6) is -0.204. The molecule has 0 heterocycles. The molecular weight excluding hydrogens is 300 g/mol. The van der Waals surface area contributed by atoms with Crippen molar-refractivity contribution < 1.29 is 18.6 Å². The predicted molar refractivity (Wildman–Crippen MR) is 88.0 cm³/mol. The van der Waals surface area contributed by atoms with Gasteiger partial charge >= 0.3 is 0 Å². The minimum Gasteiger partial charge on any atom is -0.508 e. The van der Waals surface area contributed by atoms with Gasteiger partial charge in [-0.3, -0.25) is 0 Å². The fourth-order valence-electron chi connectivity index (χ4n) is 2.55. The van der Waals surface area contributed by atoms with Crippen LogP contribution in [0.5, 0.6) is 11.5 Å². The molecule has 118 valence electrons. The third kappa shape index (κ3) is 2.57. The molecule has 0 saturated carbocycles. The van der Waals surface area contributed by atoms with E-state index in [1.165, 1.54) is 24.3 Å². The normalized spacial score (nSPS) is 13.5. The minimum atomic E-state index is -3.56. The maximum Gasteiger partial charge on any atom is 0.185 e. The lowest BCUT2D eigenvalue weighted by Gasteiger charge is -2.18. The van der Waals surface area contributed by atoms with Gasteiger partial charge in [0.25, 0.3) is 0 Å². The lowest BCUT2D eigenvalue weighted by Crippen LogP contribution is -2.24. The highest BCUT2D eigenvalue weighted by molar-refractivity contribution is 7.92. The Hall–Kier alpha value is -2.01. The Morgan fingerprint density at radius 2 is 1.82 bits per heavy atom. The molecule has 1 atom stereocenters. The summed E-state index contributed by atoms with van der Waals surface area (Å²) >= 11 is 0. The summed E-state index contributed by atoms with van der Waals surface area (Å²) < 4.78 is 25.4. The van der Waals surface area contributed by atoms with Gasteiger partial charge in [-0.2, -0.15) is 0 Å². The van der Waals surface area contributed by atoms with Crippen molar-refractivity contribution in [3.63, 3.8) is 0 Å². The second kappa shape index (κ2) is 5.65. The van der Waals surface area contributed by atoms with Crippen LogP contribution >= 0.6 is 0 Å². The number of fused-ring (bicyclic) bond motifs is 1. The first-order chi connectivity index (χ1) is 10.2. The molecule has 2 aromatic carbocycles. The zero-order valence-corrected chi connectivity index (χ0v) is 13.7. The molecule has 0 spiro atoms. The summed E-state index contributed by atoms with van der Waals surface area (Å²) in [4.78, 5) is 0.154. The standard InChI is InChI=1S/C17H20O4S/c1-5-16(10(2)3)22(20,21)13-6-7-14-12(8-13)9-15(18)11(4)17(14)19/h5-10,16,18-19H,1H2,2-4H3. The minimum absolute atomic E-state index is 0.0388. The molecule has 0 saturated heterocycles. The molecule has 0 amide bonds. The van der Waals surface area contributed by atoms with E-state index in [1.807, 2.05) is 13.8 Å². The number of phenolic OH excluding ortho intramolecular Hbond substituents is 2. The lowest BCUT2D eigenvalue weighted by atomic mass is 10.1. The Morgan fingerprint density at radius 3 is 2.36 bits per heavy atom. The van der Waals surface area contributed by atoms with Gasteiger partial charge in [0.05, 0.1) is 10.1 Å². The van der Waals surface area contributed by atoms with Gasteiger partial charge in [0, 0.05) is 10.9 Å². The van der Waals surface area contributed by atoms with Crippen LogP contribution in [0.1, 0.15) is 19.4 Å². The van der Waals surface area contributed by atoms with Gasteiger partial charge in [-0.05, 0) is 42.5 Å². The average molecular weight is 320 g/mol. The highest BCUT2D eigenvalue weighted by Crippen LogP contribution is 2.36. The summed E-state index contributed by atoms with van der Waals surface area (Å²) in [5, 5.41) is 20.2. The first-order valence-electron chi connectivity index (χ1n) is 7.02. The van der Waals surface area contributed by atoms with Crippen molar-refractivity contribution in [1.82, 2.24) is 0 Å². The molecule has 0 radical (unpaired) electrons. The molecule has 22 heavy (non-hydrogen) atoms. The molecular formula is C17H20O4S. The molecule has 2 N–H and O–H groups in total. The number of rotatable bonds is 4. The van der Waals surface area contributed by atoms with Crippen LogP contribution < -0.4 is 0 Å². The Labute approximate surface area is 130 Å². The van der Waals surface area contributed by atoms with E-state index < -0.39 is 15.1 Å². The summed E-state index contributed by atoms with van der Waals surface area (Å²) in [6.07, 6.45) is 1.44. The average Bonchev–Trinajstić information content (AvgIpc) is 2.44. The summed E-state index contributed by atoms with van der Waals surface area (Å²) in [7, 11) is -3.56. The second-order valence-corrected chi connectivity index (χ2v) is 7.85. The van der Waals surface area contributed by atoms with Gasteiger partial charge in [-0.1, -0.05) is 19.9 Å². The lowest BCUT2D eigenvalue weighted by molar-refractivity contribution is 0.448. The van der Waals surface area contributed by atoms with E-state index in [-0.39, 0.29) is 22.3 Å². The van der Waals surface area contributed by atoms with Crippen molar-refractivity contribution in [2.24, 2.45) is 5.92 Å². The number of benzene rings is 2. The largest absolute Gasteiger partial charge is 0.508 e. The Balaban J connectivity index is 2.68. The van der Waals surface area contributed by atoms with Crippen LogP contribution in [0.4, 0.5) is 0 Å². The van der Waals surface area contributed by atoms with Crippen LogP contribution in [-0.2, 0) is 9.84 Å². The smallest absolute Gasteiger partial charge is 0.185 e. The van der Waals surface area contributed by atoms with Crippen LogP contribution in [0, 0.1) is 12.8 Å². The molecule has 2 rings (SSSR count). The van der Waals surface area contributed by atoms with E-state index in [2.05, 4.69) is 6.58 Å². The van der Waals surface area contributed by atoms with Gasteiger partial charge in [-0.15, -0.1) is 6.58 Å². The van der Waals surface area contributed by atoms with Gasteiger partial charge in [0.15, 0.2) is 9.84 Å². The highest BCUT2D eigenvalue weighted by atomic mass is 32.2. The second-order valence-electron chi connectivity index (χ2n) is 5.74. The molecule has 0 fully saturated rings. The van der Waals surface area contributed by atoms with Crippen LogP contribution in [0.3, 0.4) is 0 Å². The Kier molecular flexibility index (Phi) is 4.20. The van der Waals surface area contributed by atoms with Crippen molar-refractivity contribution in [3.05, 3.63) is 42.5 Å². The molecule has 0 aliphatic carbocycles. The van der Waals surface area contributed by atoms with Gasteiger partial charge in [-0.25, -0.2) is 8.42 Å². The van der Waals surface area contributed by atoms with Crippen LogP contribution in [0.15, 0.2) is 41.8 Å². The summed E-state index contributed by atoms with van der Waals surface area (Å²) in [6.45, 7) is 8.87. The van der Waals surface area contributed by atoms with Gasteiger partial charge < -0.3 is 10.2 Å². The molecule has 4 nitrogen and oxygen atoms in total. The molecule has 1 unspecified atom stereocenters. The molecule has 0 aliphatic rings. The first-order valence-corrected chi connectivity index (χ1v) is 8.56. The fraction of sp³-hybridized carbons (Fsp3) is 0.294. The SMILES string of the molecule is C=CC(C(C)C)S(=O)(=O)c1ccc2c(O)c(C)c(O)cc2c1. The maximum absolute atomic E-state index is 12.7. The zero-order chi connectivity index (χ0) is 16.7. The Bertz CT molecular complexity index is 835. The van der Waals surface area contributed by atoms with E-state index >= 15 is 0 Å². The number of phenols is 2. The van der Waals surface area contributed by atoms with Gasteiger partial charge in [0.2, 0.25) is 0 Å². The third-order valence-electron chi connectivity index (χ3n) is 3.89. The molecule has 0 aliphatic heterocycles. The summed E-state index contributed by atoms with van der Waals surface area (Å²) in [5.41, 5.74) is 0.370. The molecule has 2 aromatic rings. The van der Waals surface area contributed by atoms with Crippen molar-refractivity contribution in [2.45, 2.75) is 30.9 Å². The van der Waals surface area contributed by atoms with Crippen LogP contribution in [0.25, 0.3) is 10.8 Å². The van der Waals surface area contributed by atoms with Crippen LogP contribution in [0.2, 0.25) is 0 Å². The van der Waals surface area contributed by atoms with E-state index in [0.29, 0.717) is 16.3 Å². The zero-order valence-electron chi connectivity index (χ0n) is 12.9. The van der Waals surface area contributed by atoms with Crippen molar-refractivity contribution in [3.8, 4) is 11.5 Å². The maximum atomic E-state index is 12.7. The van der Waals surface area contributed by atoms with E-state index in [9.17, 15) is 18.6 Å². The predicted octanol–water partition coefficient (Wildman–Crippen LogP) is 3.54. The van der Waals surface area contributed by atoms with Crippen molar-refractivity contribution in [2.75, 3.05) is 0 Å². The number of hydrogen-bond acceptors (Lipinski definition) is 4. The van der Waals surface area contributed by atoms with Crippen molar-refractivity contribution in [1.29, 1.82) is 0 Å².